The highest BCUT2D eigenvalue weighted by Gasteiger charge is 1.86. The van der Waals surface area contributed by atoms with E-state index in [-0.39, 0.29) is 0 Å². The van der Waals surface area contributed by atoms with Crippen LogP contribution in [0.25, 0.3) is 10.9 Å². The van der Waals surface area contributed by atoms with Crippen LogP contribution >= 0.6 is 0 Å². The molecule has 0 saturated heterocycles. The lowest BCUT2D eigenvalue weighted by atomic mass is 10.3. The van der Waals surface area contributed by atoms with Crippen LogP contribution in [0.4, 0.5) is 0 Å². The van der Waals surface area contributed by atoms with Crippen molar-refractivity contribution in [2.75, 3.05) is 0 Å². The molecule has 1 heterocycles. The molecule has 0 amide bonds. The number of nitrogens with one attached hydrogen (secondary N) is 1. The molecule has 0 aliphatic heterocycles. The fourth-order valence-electron chi connectivity index (χ4n) is 1.06. The monoisotopic (exact) mass is 187 g/mol. The summed E-state index contributed by atoms with van der Waals surface area (Å²) in [5.41, 5.74) is 1.21. The Bertz CT molecular complexity index is 367. The molecule has 0 fully saturated rings. The standard InChI is InChI=1S/C8H7N.C4H6O/c1-2-4-8-7(3-1)5-6-9-8;1-2-3-4-5/h1-6,9H;2,4H,1,3H2. The van der Waals surface area contributed by atoms with Crippen molar-refractivity contribution in [1.82, 2.24) is 4.98 Å². The number of aromatic amines is 1. The number of carbonyl (C=O) groups excluding carboxylic acids is 1. The second kappa shape index (κ2) is 5.75. The van der Waals surface area contributed by atoms with Crippen molar-refractivity contribution in [2.24, 2.45) is 0 Å². The van der Waals surface area contributed by atoms with Crippen molar-refractivity contribution < 1.29 is 4.79 Å². The van der Waals surface area contributed by atoms with Crippen molar-refractivity contribution >= 4 is 17.2 Å². The number of benzene rings is 1. The molecule has 0 saturated carbocycles. The molecule has 2 heteroatoms. The molecule has 1 N–H and O–H groups in total. The molecule has 1 aromatic carbocycles. The van der Waals surface area contributed by atoms with E-state index in [1.54, 1.807) is 6.08 Å². The van der Waals surface area contributed by atoms with Gasteiger partial charge in [0.15, 0.2) is 0 Å². The van der Waals surface area contributed by atoms with Gasteiger partial charge in [0.25, 0.3) is 0 Å². The summed E-state index contributed by atoms with van der Waals surface area (Å²) < 4.78 is 0. The molecule has 0 aliphatic carbocycles. The number of para-hydroxylation sites is 1. The van der Waals surface area contributed by atoms with Gasteiger partial charge in [-0.3, -0.25) is 0 Å². The molecule has 0 unspecified atom stereocenters. The summed E-state index contributed by atoms with van der Waals surface area (Å²) in [7, 11) is 0. The molecule has 0 bridgehead atoms. The largest absolute Gasteiger partial charge is 0.361 e. The zero-order valence-electron chi connectivity index (χ0n) is 7.94. The zero-order chi connectivity index (χ0) is 10.2. The van der Waals surface area contributed by atoms with Gasteiger partial charge < -0.3 is 9.78 Å². The molecule has 72 valence electrons. The molecule has 0 atom stereocenters. The Hall–Kier alpha value is -1.83. The fourth-order valence-corrected chi connectivity index (χ4v) is 1.06. The lowest BCUT2D eigenvalue weighted by molar-refractivity contribution is -0.107. The number of fused-ring (bicyclic) bond motifs is 1. The number of carbonyl (C=O) groups is 1. The Kier molecular flexibility index (Phi) is 4.21. The van der Waals surface area contributed by atoms with E-state index in [0.29, 0.717) is 6.42 Å². The van der Waals surface area contributed by atoms with E-state index in [9.17, 15) is 4.79 Å². The van der Waals surface area contributed by atoms with Crippen molar-refractivity contribution in [3.8, 4) is 0 Å². The van der Waals surface area contributed by atoms with E-state index in [1.807, 2.05) is 18.3 Å². The summed E-state index contributed by atoms with van der Waals surface area (Å²) >= 11 is 0. The molecule has 1 aromatic heterocycles. The van der Waals surface area contributed by atoms with E-state index in [4.69, 9.17) is 0 Å². The summed E-state index contributed by atoms with van der Waals surface area (Å²) in [5.74, 6) is 0. The van der Waals surface area contributed by atoms with Gasteiger partial charge in [0.2, 0.25) is 0 Å². The average molecular weight is 187 g/mol. The van der Waals surface area contributed by atoms with E-state index in [1.165, 1.54) is 10.9 Å². The van der Waals surface area contributed by atoms with Gasteiger partial charge in [0.05, 0.1) is 0 Å². The van der Waals surface area contributed by atoms with Crippen molar-refractivity contribution in [3.63, 3.8) is 0 Å². The van der Waals surface area contributed by atoms with Crippen molar-refractivity contribution in [3.05, 3.63) is 49.2 Å². The van der Waals surface area contributed by atoms with Gasteiger partial charge in [0, 0.05) is 18.1 Å². The Morgan fingerprint density at radius 2 is 2.07 bits per heavy atom. The lowest BCUT2D eigenvalue weighted by Crippen LogP contribution is -1.61. The molecule has 2 nitrogen and oxygen atoms in total. The summed E-state index contributed by atoms with van der Waals surface area (Å²) in [5, 5.41) is 1.28. The number of hydrogen-bond acceptors (Lipinski definition) is 1. The van der Waals surface area contributed by atoms with Gasteiger partial charge in [-0.15, -0.1) is 6.58 Å². The van der Waals surface area contributed by atoms with Crippen LogP contribution in [0.5, 0.6) is 0 Å². The van der Waals surface area contributed by atoms with Crippen LogP contribution in [-0.2, 0) is 4.79 Å². The van der Waals surface area contributed by atoms with Crippen LogP contribution in [0, 0.1) is 0 Å². The number of aromatic nitrogens is 1. The van der Waals surface area contributed by atoms with Gasteiger partial charge in [-0.1, -0.05) is 24.3 Å². The maximum absolute atomic E-state index is 9.33. The minimum absolute atomic E-state index is 0.472. The lowest BCUT2D eigenvalue weighted by Gasteiger charge is -1.83. The first-order valence-corrected chi connectivity index (χ1v) is 4.45. The quantitative estimate of drug-likeness (QED) is 0.569. The zero-order valence-corrected chi connectivity index (χ0v) is 7.94. The van der Waals surface area contributed by atoms with Crippen LogP contribution in [0.15, 0.2) is 49.2 Å². The number of rotatable bonds is 2. The minimum atomic E-state index is 0.472. The van der Waals surface area contributed by atoms with Gasteiger partial charge >= 0.3 is 0 Å². The summed E-state index contributed by atoms with van der Waals surface area (Å²) in [4.78, 5) is 12.5. The highest BCUT2D eigenvalue weighted by atomic mass is 16.1. The molecule has 2 rings (SSSR count). The number of H-pyrrole nitrogens is 1. The van der Waals surface area contributed by atoms with Crippen LogP contribution in [0.3, 0.4) is 0 Å². The van der Waals surface area contributed by atoms with Crippen LogP contribution < -0.4 is 0 Å². The smallest absolute Gasteiger partial charge is 0.123 e. The third-order valence-electron chi connectivity index (χ3n) is 1.73. The molecular formula is C12H13NO. The summed E-state index contributed by atoms with van der Waals surface area (Å²) in [6.45, 7) is 3.32. The fraction of sp³-hybridized carbons (Fsp3) is 0.0833. The molecule has 14 heavy (non-hydrogen) atoms. The molecule has 0 spiro atoms. The van der Waals surface area contributed by atoms with Gasteiger partial charge in [-0.25, -0.2) is 0 Å². The van der Waals surface area contributed by atoms with Crippen LogP contribution in [0.1, 0.15) is 6.42 Å². The van der Waals surface area contributed by atoms with Crippen LogP contribution in [-0.4, -0.2) is 11.3 Å². The summed E-state index contributed by atoms with van der Waals surface area (Å²) in [6, 6.07) is 10.3. The first-order valence-electron chi connectivity index (χ1n) is 4.45. The Morgan fingerprint density at radius 3 is 2.64 bits per heavy atom. The second-order valence-corrected chi connectivity index (χ2v) is 2.76. The van der Waals surface area contributed by atoms with E-state index in [2.05, 4.69) is 29.8 Å². The molecule has 0 radical (unpaired) electrons. The summed E-state index contributed by atoms with van der Waals surface area (Å²) in [6.07, 6.45) is 4.80. The van der Waals surface area contributed by atoms with E-state index < -0.39 is 0 Å². The topological polar surface area (TPSA) is 32.9 Å². The first kappa shape index (κ1) is 10.3. The maximum atomic E-state index is 9.33. The highest BCUT2D eigenvalue weighted by molar-refractivity contribution is 5.78. The van der Waals surface area contributed by atoms with Crippen molar-refractivity contribution in [2.45, 2.75) is 6.42 Å². The Morgan fingerprint density at radius 1 is 1.29 bits per heavy atom. The third-order valence-corrected chi connectivity index (χ3v) is 1.73. The van der Waals surface area contributed by atoms with Crippen molar-refractivity contribution in [1.29, 1.82) is 0 Å². The predicted octanol–water partition coefficient (Wildman–Crippen LogP) is 2.93. The van der Waals surface area contributed by atoms with Gasteiger partial charge in [0.1, 0.15) is 6.29 Å². The van der Waals surface area contributed by atoms with E-state index >= 15 is 0 Å². The number of allylic oxidation sites excluding steroid dienone is 1. The Labute approximate surface area is 83.3 Å². The number of aldehydes is 1. The highest BCUT2D eigenvalue weighted by Crippen LogP contribution is 2.09. The Balaban J connectivity index is 0.000000171. The SMILES string of the molecule is C=CCC=O.c1ccc2[nH]ccc2c1. The van der Waals surface area contributed by atoms with Gasteiger partial charge in [-0.2, -0.15) is 0 Å². The second-order valence-electron chi connectivity index (χ2n) is 2.76. The minimum Gasteiger partial charge on any atom is -0.361 e. The molecule has 0 aliphatic rings. The van der Waals surface area contributed by atoms with E-state index in [0.717, 1.165) is 6.29 Å². The average Bonchev–Trinajstić information content (AvgIpc) is 2.67. The predicted molar refractivity (Wildman–Crippen MR) is 59.2 cm³/mol. The first-order chi connectivity index (χ1) is 6.88. The maximum Gasteiger partial charge on any atom is 0.123 e. The molecule has 2 aromatic rings. The van der Waals surface area contributed by atoms with Crippen LogP contribution in [0.2, 0.25) is 0 Å². The third kappa shape index (κ3) is 2.90. The normalized spacial score (nSPS) is 8.86. The molecular weight excluding hydrogens is 174 g/mol. The number of hydrogen-bond donors (Lipinski definition) is 1. The van der Waals surface area contributed by atoms with Gasteiger partial charge in [-0.05, 0) is 17.5 Å².